The number of rotatable bonds is 9. The summed E-state index contributed by atoms with van der Waals surface area (Å²) in [5, 5.41) is 2.96. The molecule has 3 aromatic carbocycles. The quantitative estimate of drug-likeness (QED) is 0.145. The number of amides is 1. The van der Waals surface area contributed by atoms with E-state index in [0.717, 1.165) is 5.56 Å². The first-order valence-corrected chi connectivity index (χ1v) is 15.9. The molecule has 1 aliphatic heterocycles. The van der Waals surface area contributed by atoms with E-state index in [0.29, 0.717) is 65.9 Å². The van der Waals surface area contributed by atoms with Crippen LogP contribution in [0.3, 0.4) is 0 Å². The summed E-state index contributed by atoms with van der Waals surface area (Å²) in [6.45, 7) is 7.74. The van der Waals surface area contributed by atoms with Crippen LogP contribution in [0.5, 0.6) is 17.2 Å². The van der Waals surface area contributed by atoms with Crippen molar-refractivity contribution in [2.45, 2.75) is 33.7 Å². The minimum absolute atomic E-state index is 0.290. The number of nitrogens with zero attached hydrogens (tertiary/aromatic N) is 2. The molecule has 0 saturated carbocycles. The van der Waals surface area contributed by atoms with Crippen molar-refractivity contribution in [3.05, 3.63) is 112 Å². The maximum atomic E-state index is 14.1. The summed E-state index contributed by atoms with van der Waals surface area (Å²) in [6, 6.07) is 19.4. The van der Waals surface area contributed by atoms with Gasteiger partial charge in [-0.3, -0.25) is 19.0 Å². The Morgan fingerprint density at radius 1 is 1.05 bits per heavy atom. The van der Waals surface area contributed by atoms with Crippen LogP contribution in [0.2, 0.25) is 0 Å². The lowest BCUT2D eigenvalue weighted by atomic mass is 9.95. The molecule has 4 aromatic rings. The molecular weight excluding hydrogens is 693 g/mol. The summed E-state index contributed by atoms with van der Waals surface area (Å²) in [5.41, 5.74) is 2.67. The van der Waals surface area contributed by atoms with E-state index < -0.39 is 12.0 Å². The molecule has 44 heavy (non-hydrogen) atoms. The Balaban J connectivity index is 1.65. The first-order valence-electron chi connectivity index (χ1n) is 14.0. The van der Waals surface area contributed by atoms with E-state index in [1.165, 1.54) is 18.3 Å². The molecule has 0 bridgehead atoms. The fourth-order valence-corrected chi connectivity index (χ4v) is 6.67. The largest absolute Gasteiger partial charge is 0.494 e. The van der Waals surface area contributed by atoms with E-state index in [9.17, 15) is 14.4 Å². The van der Waals surface area contributed by atoms with Crippen LogP contribution >= 0.6 is 33.9 Å². The van der Waals surface area contributed by atoms with Gasteiger partial charge in [0.2, 0.25) is 0 Å². The third kappa shape index (κ3) is 6.63. The summed E-state index contributed by atoms with van der Waals surface area (Å²) in [5.74, 6) is 0.621. The molecule has 0 fully saturated rings. The highest BCUT2D eigenvalue weighted by Gasteiger charge is 2.32. The molecule has 0 aliphatic carbocycles. The first kappa shape index (κ1) is 31.2. The molecule has 11 heteroatoms. The van der Waals surface area contributed by atoms with Gasteiger partial charge in [-0.15, -0.1) is 0 Å². The molecule has 1 aliphatic rings. The number of nitrogens with one attached hydrogen (secondary N) is 1. The minimum Gasteiger partial charge on any atom is -0.494 e. The van der Waals surface area contributed by atoms with Crippen molar-refractivity contribution in [2.24, 2.45) is 4.99 Å². The van der Waals surface area contributed by atoms with Crippen LogP contribution in [-0.4, -0.2) is 29.7 Å². The number of carbonyl (C=O) groups is 2. The van der Waals surface area contributed by atoms with Gasteiger partial charge >= 0.3 is 5.97 Å². The number of hydrogen-bond donors (Lipinski definition) is 1. The monoisotopic (exact) mass is 723 g/mol. The molecule has 5 rings (SSSR count). The van der Waals surface area contributed by atoms with Gasteiger partial charge in [0.15, 0.2) is 16.3 Å². The van der Waals surface area contributed by atoms with E-state index in [4.69, 9.17) is 19.2 Å². The topological polar surface area (TPSA) is 108 Å². The van der Waals surface area contributed by atoms with Gasteiger partial charge in [0.25, 0.3) is 11.5 Å². The lowest BCUT2D eigenvalue weighted by molar-refractivity contribution is -0.132. The Labute approximate surface area is 271 Å². The number of carbonyl (C=O) groups excluding carboxylic acids is 2. The maximum absolute atomic E-state index is 14.1. The lowest BCUT2D eigenvalue weighted by Crippen LogP contribution is -2.40. The number of para-hydroxylation sites is 1. The number of hydrogen-bond acceptors (Lipinski definition) is 8. The van der Waals surface area contributed by atoms with Gasteiger partial charge in [-0.25, -0.2) is 4.99 Å². The normalized spacial score (nSPS) is 14.5. The van der Waals surface area contributed by atoms with E-state index in [-0.39, 0.29) is 11.5 Å². The van der Waals surface area contributed by atoms with Gasteiger partial charge in [-0.05, 0) is 97.0 Å². The Bertz CT molecular complexity index is 1930. The van der Waals surface area contributed by atoms with Gasteiger partial charge in [0, 0.05) is 12.6 Å². The molecule has 9 nitrogen and oxygen atoms in total. The number of halogens is 1. The minimum atomic E-state index is -0.724. The third-order valence-corrected chi connectivity index (χ3v) is 8.46. The number of aromatic nitrogens is 1. The molecular formula is C33H30IN3O6S. The second kappa shape index (κ2) is 13.6. The Hall–Kier alpha value is -4.23. The lowest BCUT2D eigenvalue weighted by Gasteiger charge is -2.25. The molecule has 1 amide bonds. The Morgan fingerprint density at radius 3 is 2.41 bits per heavy atom. The molecule has 226 valence electrons. The summed E-state index contributed by atoms with van der Waals surface area (Å²) in [6.07, 6.45) is 1.75. The zero-order chi connectivity index (χ0) is 31.4. The van der Waals surface area contributed by atoms with Gasteiger partial charge in [-0.1, -0.05) is 41.7 Å². The van der Waals surface area contributed by atoms with E-state index in [2.05, 4.69) is 27.9 Å². The highest BCUT2D eigenvalue weighted by molar-refractivity contribution is 14.1. The highest BCUT2D eigenvalue weighted by Crippen LogP contribution is 2.35. The SMILES string of the molecule is CCOc1ccc([C@H]2C(C(=O)Nc3ccccc3)=C(C)N=c3s/c(=C\c4cc(I)c(OC(C)=O)c(OCC)c4)c(=O)n32)cc1. The molecule has 0 unspecified atom stereocenters. The predicted molar refractivity (Wildman–Crippen MR) is 178 cm³/mol. The van der Waals surface area contributed by atoms with Crippen molar-refractivity contribution >= 4 is 57.6 Å². The number of ether oxygens (including phenoxy) is 3. The van der Waals surface area contributed by atoms with Crippen LogP contribution in [0.15, 0.2) is 87.8 Å². The van der Waals surface area contributed by atoms with Gasteiger partial charge < -0.3 is 19.5 Å². The van der Waals surface area contributed by atoms with Crippen LogP contribution < -0.4 is 34.4 Å². The van der Waals surface area contributed by atoms with Crippen molar-refractivity contribution in [3.8, 4) is 17.2 Å². The second-order valence-corrected chi connectivity index (χ2v) is 11.9. The van der Waals surface area contributed by atoms with Crippen molar-refractivity contribution < 1.29 is 23.8 Å². The van der Waals surface area contributed by atoms with E-state index in [1.807, 2.05) is 62.4 Å². The molecule has 0 saturated heterocycles. The van der Waals surface area contributed by atoms with Gasteiger partial charge in [0.1, 0.15) is 5.75 Å². The van der Waals surface area contributed by atoms with E-state index in [1.54, 1.807) is 35.8 Å². The van der Waals surface area contributed by atoms with Gasteiger partial charge in [-0.2, -0.15) is 0 Å². The van der Waals surface area contributed by atoms with Crippen molar-refractivity contribution in [3.63, 3.8) is 0 Å². The zero-order valence-corrected chi connectivity index (χ0v) is 27.5. The van der Waals surface area contributed by atoms with Crippen LogP contribution in [0.4, 0.5) is 5.69 Å². The Morgan fingerprint density at radius 2 is 1.75 bits per heavy atom. The third-order valence-electron chi connectivity index (χ3n) is 6.68. The predicted octanol–water partition coefficient (Wildman–Crippen LogP) is 5.20. The fourth-order valence-electron chi connectivity index (χ4n) is 4.89. The number of esters is 1. The zero-order valence-electron chi connectivity index (χ0n) is 24.5. The van der Waals surface area contributed by atoms with Crippen LogP contribution in [-0.2, 0) is 9.59 Å². The molecule has 1 aromatic heterocycles. The fraction of sp³-hybridized carbons (Fsp3) is 0.212. The molecule has 0 radical (unpaired) electrons. The second-order valence-electron chi connectivity index (χ2n) is 9.76. The van der Waals surface area contributed by atoms with Crippen LogP contribution in [0.25, 0.3) is 6.08 Å². The van der Waals surface area contributed by atoms with Crippen molar-refractivity contribution in [1.29, 1.82) is 0 Å². The highest BCUT2D eigenvalue weighted by atomic mass is 127. The molecule has 1 atom stereocenters. The maximum Gasteiger partial charge on any atom is 0.308 e. The number of fused-ring (bicyclic) bond motifs is 1. The molecule has 0 spiro atoms. The number of allylic oxidation sites excluding steroid dienone is 1. The smallest absolute Gasteiger partial charge is 0.308 e. The first-order chi connectivity index (χ1) is 21.2. The Kier molecular flexibility index (Phi) is 9.64. The number of anilines is 1. The van der Waals surface area contributed by atoms with E-state index >= 15 is 0 Å². The molecule has 1 N–H and O–H groups in total. The average molecular weight is 724 g/mol. The number of benzene rings is 3. The van der Waals surface area contributed by atoms with Crippen molar-refractivity contribution in [1.82, 2.24) is 4.57 Å². The summed E-state index contributed by atoms with van der Waals surface area (Å²) in [7, 11) is 0. The average Bonchev–Trinajstić information content (AvgIpc) is 3.29. The number of thiazole rings is 1. The standard InChI is InChI=1S/C33H30IN3O6S/c1-5-41-24-14-12-22(13-15-24)29-28(31(39)36-23-10-8-7-9-11-23)19(3)35-33-37(29)32(40)27(44-33)18-21-16-25(34)30(43-20(4)38)26(17-21)42-6-2/h7-18,29H,5-6H2,1-4H3,(H,36,39)/b27-18-/t29-/m0/s1. The van der Waals surface area contributed by atoms with Gasteiger partial charge in [0.05, 0.1) is 38.6 Å². The van der Waals surface area contributed by atoms with Crippen LogP contribution in [0.1, 0.15) is 44.9 Å². The van der Waals surface area contributed by atoms with Crippen LogP contribution in [0, 0.1) is 3.57 Å². The van der Waals surface area contributed by atoms with Crippen molar-refractivity contribution in [2.75, 3.05) is 18.5 Å². The molecule has 2 heterocycles. The summed E-state index contributed by atoms with van der Waals surface area (Å²) in [4.78, 5) is 44.8. The summed E-state index contributed by atoms with van der Waals surface area (Å²) < 4.78 is 19.4. The summed E-state index contributed by atoms with van der Waals surface area (Å²) >= 11 is 3.31.